The molecule has 0 aliphatic heterocycles. The fourth-order valence-corrected chi connectivity index (χ4v) is 0.380. The van der Waals surface area contributed by atoms with Crippen molar-refractivity contribution in [2.45, 2.75) is 38.9 Å². The Bertz CT molecular complexity index is 105. The molecule has 0 spiro atoms. The first-order valence-corrected chi connectivity index (χ1v) is 3.38. The third kappa shape index (κ3) is 2.25. The predicted molar refractivity (Wildman–Crippen MR) is 40.5 cm³/mol. The van der Waals surface area contributed by atoms with Crippen LogP contribution in [0, 0.1) is 0 Å². The zero-order valence-electron chi connectivity index (χ0n) is 7.36. The predicted octanol–water partition coefficient (Wildman–Crippen LogP) is 0.687. The van der Waals surface area contributed by atoms with E-state index in [2.05, 4.69) is 5.48 Å². The summed E-state index contributed by atoms with van der Waals surface area (Å²) >= 11 is 0. The zero-order valence-corrected chi connectivity index (χ0v) is 7.36. The van der Waals surface area contributed by atoms with Crippen LogP contribution in [0.4, 0.5) is 0 Å². The van der Waals surface area contributed by atoms with Crippen LogP contribution in [-0.2, 0) is 4.84 Å². The van der Waals surface area contributed by atoms with Crippen LogP contribution < -0.4 is 5.48 Å². The molecule has 2 N–H and O–H groups in total. The second kappa shape index (κ2) is 2.86. The van der Waals surface area contributed by atoms with Crippen molar-refractivity contribution >= 4 is 0 Å². The highest BCUT2D eigenvalue weighted by molar-refractivity contribution is 4.86. The Balaban J connectivity index is 4.10. The van der Waals surface area contributed by atoms with Crippen LogP contribution >= 0.6 is 0 Å². The second-order valence-electron chi connectivity index (χ2n) is 3.38. The number of rotatable bonds is 3. The van der Waals surface area contributed by atoms with Gasteiger partial charge in [0.1, 0.15) is 5.60 Å². The molecule has 0 aliphatic rings. The molecule has 0 radical (unpaired) electrons. The molecule has 10 heavy (non-hydrogen) atoms. The van der Waals surface area contributed by atoms with Crippen molar-refractivity contribution in [3.8, 4) is 0 Å². The van der Waals surface area contributed by atoms with Gasteiger partial charge in [0.15, 0.2) is 0 Å². The number of hydroxylamine groups is 1. The normalized spacial score (nSPS) is 13.8. The van der Waals surface area contributed by atoms with E-state index < -0.39 is 11.2 Å². The van der Waals surface area contributed by atoms with Crippen LogP contribution in [0.3, 0.4) is 0 Å². The summed E-state index contributed by atoms with van der Waals surface area (Å²) in [5.74, 6) is 0. The number of aliphatic hydroxyl groups is 1. The van der Waals surface area contributed by atoms with Crippen molar-refractivity contribution in [1.82, 2.24) is 5.48 Å². The fraction of sp³-hybridized carbons (Fsp3) is 1.00. The van der Waals surface area contributed by atoms with Gasteiger partial charge in [-0.25, -0.2) is 5.48 Å². The van der Waals surface area contributed by atoms with E-state index in [-0.39, 0.29) is 0 Å². The van der Waals surface area contributed by atoms with Crippen molar-refractivity contribution < 1.29 is 9.94 Å². The van der Waals surface area contributed by atoms with Gasteiger partial charge in [-0.1, -0.05) is 0 Å². The van der Waals surface area contributed by atoms with Crippen LogP contribution in [0.25, 0.3) is 0 Å². The Morgan fingerprint density at radius 1 is 1.20 bits per heavy atom. The van der Waals surface area contributed by atoms with Crippen LogP contribution in [0.15, 0.2) is 0 Å². The van der Waals surface area contributed by atoms with Gasteiger partial charge >= 0.3 is 0 Å². The molecule has 0 aliphatic carbocycles. The summed E-state index contributed by atoms with van der Waals surface area (Å²) in [7, 11) is 1.67. The van der Waals surface area contributed by atoms with Crippen LogP contribution in [0.5, 0.6) is 0 Å². The zero-order chi connectivity index (χ0) is 8.41. The van der Waals surface area contributed by atoms with Gasteiger partial charge in [-0.15, -0.1) is 0 Å². The Hall–Kier alpha value is -0.120. The summed E-state index contributed by atoms with van der Waals surface area (Å²) in [6.07, 6.45) is 0. The molecule has 0 saturated carbocycles. The van der Waals surface area contributed by atoms with Crippen molar-refractivity contribution in [3.05, 3.63) is 0 Å². The fourth-order valence-electron chi connectivity index (χ4n) is 0.380. The first-order chi connectivity index (χ1) is 4.31. The average Bonchev–Trinajstić information content (AvgIpc) is 1.61. The largest absolute Gasteiger partial charge is 0.387 e. The number of nitrogens with one attached hydrogen (secondary N) is 1. The Kier molecular flexibility index (Phi) is 2.83. The first kappa shape index (κ1) is 9.88. The molecule has 3 heteroatoms. The first-order valence-electron chi connectivity index (χ1n) is 3.38. The lowest BCUT2D eigenvalue weighted by Gasteiger charge is -2.35. The molecular weight excluding hydrogens is 130 g/mol. The molecule has 0 aromatic carbocycles. The van der Waals surface area contributed by atoms with Gasteiger partial charge in [0.25, 0.3) is 0 Å². The summed E-state index contributed by atoms with van der Waals surface area (Å²) in [6.45, 7) is 7.07. The average molecular weight is 147 g/mol. The Morgan fingerprint density at radius 2 is 1.60 bits per heavy atom. The summed E-state index contributed by atoms with van der Waals surface area (Å²) in [4.78, 5) is 5.09. The molecule has 0 unspecified atom stereocenters. The van der Waals surface area contributed by atoms with Crippen molar-refractivity contribution in [3.63, 3.8) is 0 Å². The van der Waals surface area contributed by atoms with Gasteiger partial charge < -0.3 is 5.11 Å². The highest BCUT2D eigenvalue weighted by atomic mass is 16.7. The minimum Gasteiger partial charge on any atom is -0.387 e. The van der Waals surface area contributed by atoms with E-state index >= 15 is 0 Å². The highest BCUT2D eigenvalue weighted by Gasteiger charge is 2.36. The molecule has 0 saturated heterocycles. The third-order valence-electron chi connectivity index (χ3n) is 1.83. The van der Waals surface area contributed by atoms with E-state index in [1.54, 1.807) is 20.9 Å². The molecule has 0 atom stereocenters. The molecule has 0 heterocycles. The Morgan fingerprint density at radius 3 is 1.70 bits per heavy atom. The van der Waals surface area contributed by atoms with Gasteiger partial charge in [0.2, 0.25) is 0 Å². The Labute approximate surface area is 62.3 Å². The summed E-state index contributed by atoms with van der Waals surface area (Å²) < 4.78 is 0. The maximum atomic E-state index is 9.51. The van der Waals surface area contributed by atoms with E-state index in [9.17, 15) is 5.11 Å². The maximum Gasteiger partial charge on any atom is 0.112 e. The molecule has 3 nitrogen and oxygen atoms in total. The molecule has 0 aromatic heterocycles. The smallest absolute Gasteiger partial charge is 0.112 e. The second-order valence-corrected chi connectivity index (χ2v) is 3.38. The lowest BCUT2D eigenvalue weighted by atomic mass is 9.90. The van der Waals surface area contributed by atoms with Crippen molar-refractivity contribution in [1.29, 1.82) is 0 Å². The van der Waals surface area contributed by atoms with Gasteiger partial charge in [-0.3, -0.25) is 4.84 Å². The minimum atomic E-state index is -0.837. The van der Waals surface area contributed by atoms with Crippen LogP contribution in [0.1, 0.15) is 27.7 Å². The number of hydrogen-bond donors (Lipinski definition) is 2. The van der Waals surface area contributed by atoms with E-state index in [0.717, 1.165) is 0 Å². The molecule has 0 aromatic rings. The van der Waals surface area contributed by atoms with E-state index in [0.29, 0.717) is 0 Å². The summed E-state index contributed by atoms with van der Waals surface area (Å²) in [5.41, 5.74) is 1.15. The molecule has 0 fully saturated rings. The minimum absolute atomic E-state index is 0.568. The molecule has 0 bridgehead atoms. The highest BCUT2D eigenvalue weighted by Crippen LogP contribution is 2.23. The van der Waals surface area contributed by atoms with E-state index in [1.807, 2.05) is 13.8 Å². The van der Waals surface area contributed by atoms with Crippen LogP contribution in [-0.4, -0.2) is 23.4 Å². The topological polar surface area (TPSA) is 41.5 Å². The van der Waals surface area contributed by atoms with E-state index in [1.165, 1.54) is 0 Å². The van der Waals surface area contributed by atoms with Gasteiger partial charge in [-0.05, 0) is 27.7 Å². The molecule has 62 valence electrons. The summed E-state index contributed by atoms with van der Waals surface area (Å²) in [5, 5.41) is 9.51. The molecular formula is C7H17NO2. The quantitative estimate of drug-likeness (QED) is 0.577. The van der Waals surface area contributed by atoms with E-state index in [4.69, 9.17) is 4.84 Å². The van der Waals surface area contributed by atoms with Gasteiger partial charge in [-0.2, -0.15) is 0 Å². The lowest BCUT2D eigenvalue weighted by Crippen LogP contribution is -2.49. The molecule has 0 rings (SSSR count). The van der Waals surface area contributed by atoms with Gasteiger partial charge in [0.05, 0.1) is 5.60 Å². The lowest BCUT2D eigenvalue weighted by molar-refractivity contribution is -0.177. The monoisotopic (exact) mass is 147 g/mol. The van der Waals surface area contributed by atoms with Crippen LogP contribution in [0.2, 0.25) is 0 Å². The third-order valence-corrected chi connectivity index (χ3v) is 1.83. The number of hydrogen-bond acceptors (Lipinski definition) is 3. The van der Waals surface area contributed by atoms with Crippen molar-refractivity contribution in [2.75, 3.05) is 7.05 Å². The van der Waals surface area contributed by atoms with Gasteiger partial charge in [0, 0.05) is 7.05 Å². The molecule has 0 amide bonds. The standard InChI is InChI=1S/C7H17NO2/c1-6(2,9)7(3,4)10-8-5/h8-9H,1-5H3. The SMILES string of the molecule is CNOC(C)(C)C(C)(C)O. The summed E-state index contributed by atoms with van der Waals surface area (Å²) in [6, 6.07) is 0. The van der Waals surface area contributed by atoms with Crippen molar-refractivity contribution in [2.24, 2.45) is 0 Å². The maximum absolute atomic E-state index is 9.51.